The molecule has 1 fully saturated rings. The lowest BCUT2D eigenvalue weighted by Gasteiger charge is -2.16. The van der Waals surface area contributed by atoms with Crippen molar-refractivity contribution in [1.29, 1.82) is 0 Å². The Labute approximate surface area is 81.3 Å². The van der Waals surface area contributed by atoms with E-state index in [4.69, 9.17) is 5.73 Å². The SMILES string of the molecule is Nc1ccc(N2CCCC2=O)c(F)c1. The lowest BCUT2D eigenvalue weighted by molar-refractivity contribution is -0.117. The quantitative estimate of drug-likeness (QED) is 0.689. The highest BCUT2D eigenvalue weighted by Gasteiger charge is 2.23. The molecular weight excluding hydrogens is 183 g/mol. The van der Waals surface area contributed by atoms with Crippen LogP contribution in [0.5, 0.6) is 0 Å². The molecule has 74 valence electrons. The highest BCUT2D eigenvalue weighted by molar-refractivity contribution is 5.95. The van der Waals surface area contributed by atoms with Crippen LogP contribution < -0.4 is 10.6 Å². The highest BCUT2D eigenvalue weighted by atomic mass is 19.1. The second-order valence-corrected chi connectivity index (χ2v) is 3.36. The van der Waals surface area contributed by atoms with E-state index in [1.165, 1.54) is 11.0 Å². The third-order valence-electron chi connectivity index (χ3n) is 2.34. The third-order valence-corrected chi connectivity index (χ3v) is 2.34. The van der Waals surface area contributed by atoms with Gasteiger partial charge in [-0.3, -0.25) is 4.79 Å². The topological polar surface area (TPSA) is 46.3 Å². The van der Waals surface area contributed by atoms with E-state index >= 15 is 0 Å². The van der Waals surface area contributed by atoms with E-state index < -0.39 is 5.82 Å². The Kier molecular flexibility index (Phi) is 2.11. The predicted octanol–water partition coefficient (Wildman–Crippen LogP) is 1.53. The molecule has 0 radical (unpaired) electrons. The number of rotatable bonds is 1. The fourth-order valence-electron chi connectivity index (χ4n) is 1.64. The molecule has 0 saturated carbocycles. The molecule has 1 heterocycles. The summed E-state index contributed by atoms with van der Waals surface area (Å²) < 4.78 is 13.4. The smallest absolute Gasteiger partial charge is 0.227 e. The molecule has 1 saturated heterocycles. The number of halogens is 1. The van der Waals surface area contributed by atoms with E-state index in [-0.39, 0.29) is 5.91 Å². The molecule has 1 aliphatic rings. The number of hydrogen-bond donors (Lipinski definition) is 1. The van der Waals surface area contributed by atoms with E-state index in [2.05, 4.69) is 0 Å². The summed E-state index contributed by atoms with van der Waals surface area (Å²) in [7, 11) is 0. The van der Waals surface area contributed by atoms with Gasteiger partial charge in [0.05, 0.1) is 5.69 Å². The van der Waals surface area contributed by atoms with Gasteiger partial charge in [0.2, 0.25) is 5.91 Å². The first-order chi connectivity index (χ1) is 6.68. The number of anilines is 2. The summed E-state index contributed by atoms with van der Waals surface area (Å²) in [5.41, 5.74) is 6.13. The van der Waals surface area contributed by atoms with Gasteiger partial charge in [-0.15, -0.1) is 0 Å². The average Bonchev–Trinajstić information content (AvgIpc) is 2.52. The molecule has 1 aromatic carbocycles. The van der Waals surface area contributed by atoms with E-state index in [9.17, 15) is 9.18 Å². The average molecular weight is 194 g/mol. The molecule has 0 aliphatic carbocycles. The molecule has 1 aliphatic heterocycles. The minimum Gasteiger partial charge on any atom is -0.399 e. The predicted molar refractivity (Wildman–Crippen MR) is 52.4 cm³/mol. The van der Waals surface area contributed by atoms with Gasteiger partial charge in [-0.2, -0.15) is 0 Å². The first-order valence-corrected chi connectivity index (χ1v) is 4.54. The van der Waals surface area contributed by atoms with Crippen LogP contribution in [0.25, 0.3) is 0 Å². The fourth-order valence-corrected chi connectivity index (χ4v) is 1.64. The van der Waals surface area contributed by atoms with Crippen molar-refractivity contribution in [3.63, 3.8) is 0 Å². The molecule has 2 rings (SSSR count). The molecule has 1 amide bonds. The van der Waals surface area contributed by atoms with Crippen molar-refractivity contribution in [2.75, 3.05) is 17.2 Å². The molecule has 3 nitrogen and oxygen atoms in total. The maximum absolute atomic E-state index is 13.4. The third kappa shape index (κ3) is 1.43. The summed E-state index contributed by atoms with van der Waals surface area (Å²) >= 11 is 0. The molecule has 1 aromatic rings. The van der Waals surface area contributed by atoms with Gasteiger partial charge in [-0.1, -0.05) is 0 Å². The van der Waals surface area contributed by atoms with Crippen molar-refractivity contribution in [3.8, 4) is 0 Å². The Balaban J connectivity index is 2.36. The number of nitrogens with zero attached hydrogens (tertiary/aromatic N) is 1. The van der Waals surface area contributed by atoms with Gasteiger partial charge in [0, 0.05) is 18.7 Å². The number of nitrogen functional groups attached to an aromatic ring is 1. The first kappa shape index (κ1) is 8.99. The van der Waals surface area contributed by atoms with Crippen LogP contribution in [-0.4, -0.2) is 12.5 Å². The van der Waals surface area contributed by atoms with E-state index in [1.807, 2.05) is 0 Å². The zero-order valence-electron chi connectivity index (χ0n) is 7.66. The van der Waals surface area contributed by atoms with Crippen molar-refractivity contribution < 1.29 is 9.18 Å². The highest BCUT2D eigenvalue weighted by Crippen LogP contribution is 2.25. The number of amides is 1. The molecule has 4 heteroatoms. The van der Waals surface area contributed by atoms with Crippen molar-refractivity contribution in [2.45, 2.75) is 12.8 Å². The normalized spacial score (nSPS) is 16.4. The van der Waals surface area contributed by atoms with Crippen LogP contribution in [0.4, 0.5) is 15.8 Å². The van der Waals surface area contributed by atoms with Gasteiger partial charge in [-0.05, 0) is 24.6 Å². The van der Waals surface area contributed by atoms with Crippen molar-refractivity contribution >= 4 is 17.3 Å². The lowest BCUT2D eigenvalue weighted by Crippen LogP contribution is -2.24. The Bertz CT molecular complexity index is 378. The summed E-state index contributed by atoms with van der Waals surface area (Å²) in [6.07, 6.45) is 1.30. The number of nitrogens with two attached hydrogens (primary N) is 1. The van der Waals surface area contributed by atoms with Gasteiger partial charge >= 0.3 is 0 Å². The molecular formula is C10H11FN2O. The Hall–Kier alpha value is -1.58. The monoisotopic (exact) mass is 194 g/mol. The molecule has 0 bridgehead atoms. The standard InChI is InChI=1S/C10H11FN2O/c11-8-6-7(12)3-4-9(8)13-5-1-2-10(13)14/h3-4,6H,1-2,5,12H2. The minimum absolute atomic E-state index is 0.0197. The van der Waals surface area contributed by atoms with Gasteiger partial charge in [0.1, 0.15) is 5.82 Å². The summed E-state index contributed by atoms with van der Waals surface area (Å²) in [6, 6.07) is 4.39. The van der Waals surface area contributed by atoms with Crippen LogP contribution in [0.1, 0.15) is 12.8 Å². The summed E-state index contributed by atoms with van der Waals surface area (Å²) in [6.45, 7) is 0.597. The summed E-state index contributed by atoms with van der Waals surface area (Å²) in [5.74, 6) is -0.450. The second kappa shape index (κ2) is 3.29. The molecule has 2 N–H and O–H groups in total. The number of benzene rings is 1. The molecule has 0 spiro atoms. The molecule has 14 heavy (non-hydrogen) atoms. The van der Waals surface area contributed by atoms with Gasteiger partial charge < -0.3 is 10.6 Å². The van der Waals surface area contributed by atoms with Crippen LogP contribution in [0.2, 0.25) is 0 Å². The largest absolute Gasteiger partial charge is 0.399 e. The Morgan fingerprint density at radius 3 is 2.79 bits per heavy atom. The van der Waals surface area contributed by atoms with Crippen LogP contribution in [0.15, 0.2) is 18.2 Å². The first-order valence-electron chi connectivity index (χ1n) is 4.54. The van der Waals surface area contributed by atoms with E-state index in [0.717, 1.165) is 6.42 Å². The van der Waals surface area contributed by atoms with Crippen molar-refractivity contribution in [3.05, 3.63) is 24.0 Å². The second-order valence-electron chi connectivity index (χ2n) is 3.36. The molecule has 0 unspecified atom stereocenters. The maximum atomic E-state index is 13.4. The zero-order valence-corrected chi connectivity index (χ0v) is 7.66. The number of carbonyl (C=O) groups is 1. The number of hydrogen-bond acceptors (Lipinski definition) is 2. The summed E-state index contributed by atoms with van der Waals surface area (Å²) in [4.78, 5) is 12.8. The van der Waals surface area contributed by atoms with Crippen LogP contribution >= 0.6 is 0 Å². The molecule has 0 atom stereocenters. The number of carbonyl (C=O) groups excluding carboxylic acids is 1. The Morgan fingerprint density at radius 2 is 2.21 bits per heavy atom. The van der Waals surface area contributed by atoms with Crippen LogP contribution in [0, 0.1) is 5.82 Å². The lowest BCUT2D eigenvalue weighted by atomic mass is 10.2. The maximum Gasteiger partial charge on any atom is 0.227 e. The van der Waals surface area contributed by atoms with Crippen LogP contribution in [-0.2, 0) is 4.79 Å². The van der Waals surface area contributed by atoms with E-state index in [1.54, 1.807) is 12.1 Å². The molecule has 0 aromatic heterocycles. The van der Waals surface area contributed by atoms with Gasteiger partial charge in [-0.25, -0.2) is 4.39 Å². The van der Waals surface area contributed by atoms with Crippen LogP contribution in [0.3, 0.4) is 0 Å². The van der Waals surface area contributed by atoms with Gasteiger partial charge in [0.15, 0.2) is 0 Å². The van der Waals surface area contributed by atoms with Crippen molar-refractivity contribution in [2.24, 2.45) is 0 Å². The van der Waals surface area contributed by atoms with Crippen molar-refractivity contribution in [1.82, 2.24) is 0 Å². The minimum atomic E-state index is -0.430. The van der Waals surface area contributed by atoms with E-state index in [0.29, 0.717) is 24.3 Å². The fraction of sp³-hybridized carbons (Fsp3) is 0.300. The van der Waals surface area contributed by atoms with Gasteiger partial charge in [0.25, 0.3) is 0 Å². The summed E-state index contributed by atoms with van der Waals surface area (Å²) in [5, 5.41) is 0. The zero-order chi connectivity index (χ0) is 10.1. The Morgan fingerprint density at radius 1 is 1.43 bits per heavy atom.